The average Bonchev–Trinajstić information content (AvgIpc) is 3.23. The quantitative estimate of drug-likeness (QED) is 0.188. The van der Waals surface area contributed by atoms with E-state index in [2.05, 4.69) is 20.9 Å². The van der Waals surface area contributed by atoms with Crippen molar-refractivity contribution in [2.75, 3.05) is 42.9 Å². The summed E-state index contributed by atoms with van der Waals surface area (Å²) in [5.74, 6) is -0.729. The summed E-state index contributed by atoms with van der Waals surface area (Å²) in [5.41, 5.74) is 2.24. The maximum absolute atomic E-state index is 13.2. The monoisotopic (exact) mass is 629 g/mol. The van der Waals surface area contributed by atoms with Crippen LogP contribution in [0.5, 0.6) is 0 Å². The van der Waals surface area contributed by atoms with Gasteiger partial charge in [0.25, 0.3) is 11.8 Å². The normalized spacial score (nSPS) is 14.1. The number of benzene rings is 3. The van der Waals surface area contributed by atoms with Gasteiger partial charge >= 0.3 is 6.03 Å². The highest BCUT2D eigenvalue weighted by Gasteiger charge is 2.23. The minimum absolute atomic E-state index is 0.0746. The van der Waals surface area contributed by atoms with E-state index in [0.29, 0.717) is 66.0 Å². The summed E-state index contributed by atoms with van der Waals surface area (Å²) in [6, 6.07) is 19.0. The van der Waals surface area contributed by atoms with E-state index in [4.69, 9.17) is 34.8 Å². The van der Waals surface area contributed by atoms with E-state index >= 15 is 0 Å². The lowest BCUT2D eigenvalue weighted by Gasteiger charge is -2.26. The molecule has 222 valence electrons. The van der Waals surface area contributed by atoms with Gasteiger partial charge in [-0.25, -0.2) is 4.79 Å². The zero-order valence-corrected chi connectivity index (χ0v) is 25.6. The van der Waals surface area contributed by atoms with Crippen molar-refractivity contribution in [3.8, 4) is 0 Å². The predicted molar refractivity (Wildman–Crippen MR) is 170 cm³/mol. The van der Waals surface area contributed by atoms with E-state index < -0.39 is 5.50 Å². The van der Waals surface area contributed by atoms with Crippen LogP contribution in [0, 0.1) is 0 Å². The first-order valence-corrected chi connectivity index (χ1v) is 15.1. The summed E-state index contributed by atoms with van der Waals surface area (Å²) in [7, 11) is 0. The fourth-order valence-corrected chi connectivity index (χ4v) is 5.28. The summed E-state index contributed by atoms with van der Waals surface area (Å²) < 4.78 is 0. The molecule has 0 spiro atoms. The van der Waals surface area contributed by atoms with Gasteiger partial charge in [-0.1, -0.05) is 59.9 Å². The third-order valence-corrected chi connectivity index (χ3v) is 7.61. The van der Waals surface area contributed by atoms with Crippen molar-refractivity contribution in [1.82, 2.24) is 15.5 Å². The number of amides is 4. The van der Waals surface area contributed by atoms with Crippen LogP contribution < -0.4 is 20.9 Å². The summed E-state index contributed by atoms with van der Waals surface area (Å²) in [6.07, 6.45) is 2.03. The molecule has 3 aromatic rings. The summed E-state index contributed by atoms with van der Waals surface area (Å²) >= 11 is 18.6. The first-order chi connectivity index (χ1) is 20.2. The summed E-state index contributed by atoms with van der Waals surface area (Å²) in [4.78, 5) is 42.9. The Labute approximate surface area is 261 Å². The number of alkyl halides is 1. The first kappa shape index (κ1) is 31.5. The lowest BCUT2D eigenvalue weighted by Crippen LogP contribution is -2.42. The number of nitrogens with zero attached hydrogens (tertiary/aromatic N) is 2. The van der Waals surface area contributed by atoms with Crippen LogP contribution in [-0.4, -0.2) is 61.0 Å². The standard InChI is InChI=1S/C31H34Cl3N5O3/c1-2-13-35-31(42)39-15-4-14-38(16-17-39)27-12-9-23(20-26(27)36-29(40)22-5-3-6-25(33)19-22)30(41)37-28(34)18-21-7-10-24(32)11-8-21/h3,5-12,19-20,28H,2,4,13-18H2,1H3,(H,35,42)(H,36,40)(H,37,41). The number of rotatable bonds is 9. The van der Waals surface area contributed by atoms with Crippen LogP contribution >= 0.6 is 34.8 Å². The molecule has 0 aliphatic carbocycles. The van der Waals surface area contributed by atoms with E-state index in [1.165, 1.54) is 0 Å². The number of hydrogen-bond acceptors (Lipinski definition) is 4. The van der Waals surface area contributed by atoms with E-state index in [9.17, 15) is 14.4 Å². The first-order valence-electron chi connectivity index (χ1n) is 13.9. The van der Waals surface area contributed by atoms with E-state index in [1.54, 1.807) is 48.5 Å². The molecule has 8 nitrogen and oxygen atoms in total. The number of carbonyl (C=O) groups is 3. The second kappa shape index (κ2) is 15.1. The Balaban J connectivity index is 1.54. The van der Waals surface area contributed by atoms with Crippen LogP contribution in [0.3, 0.4) is 0 Å². The minimum Gasteiger partial charge on any atom is -0.368 e. The third kappa shape index (κ3) is 8.77. The van der Waals surface area contributed by atoms with Crippen molar-refractivity contribution in [2.24, 2.45) is 0 Å². The Kier molecular flexibility index (Phi) is 11.3. The largest absolute Gasteiger partial charge is 0.368 e. The lowest BCUT2D eigenvalue weighted by molar-refractivity contribution is 0.0947. The Morgan fingerprint density at radius 1 is 0.857 bits per heavy atom. The predicted octanol–water partition coefficient (Wildman–Crippen LogP) is 6.41. The number of nitrogens with one attached hydrogen (secondary N) is 3. The lowest BCUT2D eigenvalue weighted by atomic mass is 10.1. The topological polar surface area (TPSA) is 93.8 Å². The molecule has 1 aliphatic heterocycles. The van der Waals surface area contributed by atoms with Crippen LogP contribution in [0.1, 0.15) is 46.0 Å². The Bertz CT molecular complexity index is 1400. The smallest absolute Gasteiger partial charge is 0.317 e. The van der Waals surface area contributed by atoms with Crippen molar-refractivity contribution in [2.45, 2.75) is 31.7 Å². The molecule has 0 bridgehead atoms. The Morgan fingerprint density at radius 3 is 2.36 bits per heavy atom. The van der Waals surface area contributed by atoms with Gasteiger partial charge in [-0.2, -0.15) is 0 Å². The van der Waals surface area contributed by atoms with Gasteiger partial charge in [0.2, 0.25) is 0 Å². The van der Waals surface area contributed by atoms with Crippen LogP contribution in [0.15, 0.2) is 66.7 Å². The molecule has 0 saturated carbocycles. The van der Waals surface area contributed by atoms with Crippen molar-refractivity contribution in [3.05, 3.63) is 93.5 Å². The molecule has 0 radical (unpaired) electrons. The van der Waals surface area contributed by atoms with Gasteiger partial charge in [-0.05, 0) is 66.9 Å². The summed E-state index contributed by atoms with van der Waals surface area (Å²) in [5, 5.41) is 9.80. The van der Waals surface area contributed by atoms with Crippen molar-refractivity contribution >= 4 is 64.0 Å². The molecule has 11 heteroatoms. The fraction of sp³-hybridized carbons (Fsp3) is 0.323. The second-order valence-corrected chi connectivity index (χ2v) is 11.4. The van der Waals surface area contributed by atoms with Crippen LogP contribution in [0.25, 0.3) is 0 Å². The molecule has 1 aliphatic rings. The van der Waals surface area contributed by atoms with E-state index in [0.717, 1.165) is 24.1 Å². The van der Waals surface area contributed by atoms with Gasteiger partial charge in [-0.3, -0.25) is 9.59 Å². The SMILES string of the molecule is CCCNC(=O)N1CCCN(c2ccc(C(=O)NC(Cl)Cc3ccc(Cl)cc3)cc2NC(=O)c2cccc(Cl)c2)CC1. The van der Waals surface area contributed by atoms with Gasteiger partial charge in [0.05, 0.1) is 11.4 Å². The number of urea groups is 1. The van der Waals surface area contributed by atoms with Crippen LogP contribution in [-0.2, 0) is 6.42 Å². The number of anilines is 2. The zero-order chi connectivity index (χ0) is 30.1. The van der Waals surface area contributed by atoms with Crippen molar-refractivity contribution in [3.63, 3.8) is 0 Å². The molecule has 42 heavy (non-hydrogen) atoms. The van der Waals surface area contributed by atoms with E-state index in [-0.39, 0.29) is 17.8 Å². The third-order valence-electron chi connectivity index (χ3n) is 6.86. The highest BCUT2D eigenvalue weighted by molar-refractivity contribution is 6.31. The molecule has 3 aromatic carbocycles. The van der Waals surface area contributed by atoms with Gasteiger partial charge in [0.15, 0.2) is 0 Å². The van der Waals surface area contributed by atoms with Crippen molar-refractivity contribution < 1.29 is 14.4 Å². The molecule has 4 rings (SSSR count). The number of halogens is 3. The Morgan fingerprint density at radius 2 is 1.62 bits per heavy atom. The highest BCUT2D eigenvalue weighted by atomic mass is 35.5. The number of hydrogen-bond donors (Lipinski definition) is 3. The molecule has 1 unspecified atom stereocenters. The Hall–Kier alpha value is -3.46. The second-order valence-electron chi connectivity index (χ2n) is 10.0. The fourth-order valence-electron chi connectivity index (χ4n) is 4.69. The maximum atomic E-state index is 13.2. The zero-order valence-electron chi connectivity index (χ0n) is 23.3. The molecule has 4 amide bonds. The molecule has 1 fully saturated rings. The van der Waals surface area contributed by atoms with Gasteiger partial charge in [-0.15, -0.1) is 0 Å². The maximum Gasteiger partial charge on any atom is 0.317 e. The average molecular weight is 631 g/mol. The van der Waals surface area contributed by atoms with Gasteiger partial charge in [0, 0.05) is 60.3 Å². The molecule has 3 N–H and O–H groups in total. The molecule has 1 atom stereocenters. The molecule has 1 heterocycles. The molecule has 1 saturated heterocycles. The van der Waals surface area contributed by atoms with Crippen molar-refractivity contribution in [1.29, 1.82) is 0 Å². The van der Waals surface area contributed by atoms with Crippen LogP contribution in [0.4, 0.5) is 16.2 Å². The van der Waals surface area contributed by atoms with Gasteiger partial charge < -0.3 is 25.8 Å². The van der Waals surface area contributed by atoms with E-state index in [1.807, 2.05) is 30.0 Å². The molecule has 0 aromatic heterocycles. The molecular weight excluding hydrogens is 597 g/mol. The molecular formula is C31H34Cl3N5O3. The van der Waals surface area contributed by atoms with Gasteiger partial charge in [0.1, 0.15) is 5.50 Å². The van der Waals surface area contributed by atoms with Crippen LogP contribution in [0.2, 0.25) is 10.0 Å². The number of carbonyl (C=O) groups excluding carboxylic acids is 3. The minimum atomic E-state index is -0.654. The highest BCUT2D eigenvalue weighted by Crippen LogP contribution is 2.29. The summed E-state index contributed by atoms with van der Waals surface area (Å²) in [6.45, 7) is 5.04.